The van der Waals surface area contributed by atoms with Crippen molar-refractivity contribution in [2.24, 2.45) is 5.41 Å². The van der Waals surface area contributed by atoms with Gasteiger partial charge in [-0.05, 0) is 50.3 Å². The highest BCUT2D eigenvalue weighted by molar-refractivity contribution is 7.10. The summed E-state index contributed by atoms with van der Waals surface area (Å²) in [7, 11) is 4.11. The van der Waals surface area contributed by atoms with Crippen molar-refractivity contribution in [3.8, 4) is 0 Å². The van der Waals surface area contributed by atoms with Crippen LogP contribution in [0.5, 0.6) is 0 Å². The Hall–Kier alpha value is -0.620. The lowest BCUT2D eigenvalue weighted by Crippen LogP contribution is -2.56. The monoisotopic (exact) mass is 345 g/mol. The summed E-state index contributed by atoms with van der Waals surface area (Å²) in [5, 5.41) is 8.60. The molecule has 1 fully saturated rings. The maximum absolute atomic E-state index is 12.5. The van der Waals surface area contributed by atoms with Gasteiger partial charge in [0.15, 0.2) is 0 Å². The Labute approximate surface area is 144 Å². The fraction of sp³-hybridized carbons (Fsp3) is 0.688. The van der Waals surface area contributed by atoms with Gasteiger partial charge in [-0.2, -0.15) is 0 Å². The van der Waals surface area contributed by atoms with Crippen molar-refractivity contribution in [1.29, 1.82) is 0 Å². The van der Waals surface area contributed by atoms with Gasteiger partial charge in [-0.25, -0.2) is 0 Å². The smallest absolute Gasteiger partial charge is 0.237 e. The number of rotatable bonds is 5. The van der Waals surface area contributed by atoms with E-state index in [1.165, 1.54) is 4.88 Å². The number of hydrogen-bond acceptors (Lipinski definition) is 4. The molecule has 1 aromatic rings. The fourth-order valence-electron chi connectivity index (χ4n) is 2.98. The molecule has 0 spiro atoms. The molecule has 22 heavy (non-hydrogen) atoms. The highest BCUT2D eigenvalue weighted by atomic mass is 35.5. The van der Waals surface area contributed by atoms with Crippen LogP contribution in [-0.4, -0.2) is 44.0 Å². The molecule has 1 aliphatic heterocycles. The number of nitrogens with one attached hydrogen (secondary N) is 2. The maximum Gasteiger partial charge on any atom is 0.237 e. The van der Waals surface area contributed by atoms with E-state index >= 15 is 0 Å². The standard InChI is InChI=1S/C16H27N3OS.ClH/c1-16(2)8-6-9-17-14(16)15(20)18-11-12(19(3)4)13-7-5-10-21-13;/h5,7,10,12,14,17H,6,8-9,11H2,1-4H3,(H,18,20);1H. The van der Waals surface area contributed by atoms with Crippen molar-refractivity contribution < 1.29 is 4.79 Å². The van der Waals surface area contributed by atoms with E-state index in [4.69, 9.17) is 0 Å². The Bertz CT molecular complexity index is 462. The molecule has 0 aliphatic carbocycles. The van der Waals surface area contributed by atoms with E-state index in [9.17, 15) is 4.79 Å². The zero-order valence-corrected chi connectivity index (χ0v) is 15.5. The van der Waals surface area contributed by atoms with E-state index in [0.29, 0.717) is 6.54 Å². The topological polar surface area (TPSA) is 44.4 Å². The molecule has 2 heterocycles. The predicted octanol–water partition coefficient (Wildman–Crippen LogP) is 2.67. The summed E-state index contributed by atoms with van der Waals surface area (Å²) in [5.74, 6) is 0.128. The summed E-state index contributed by atoms with van der Waals surface area (Å²) < 4.78 is 0. The average Bonchev–Trinajstić information content (AvgIpc) is 2.91. The van der Waals surface area contributed by atoms with Gasteiger partial charge in [-0.15, -0.1) is 23.7 Å². The molecule has 2 N–H and O–H groups in total. The van der Waals surface area contributed by atoms with E-state index in [1.807, 2.05) is 0 Å². The van der Waals surface area contributed by atoms with Gasteiger partial charge >= 0.3 is 0 Å². The SMILES string of the molecule is CN(C)C(CNC(=O)C1NCCCC1(C)C)c1cccs1.Cl. The molecule has 2 rings (SSSR count). The molecule has 126 valence electrons. The molecule has 4 nitrogen and oxygen atoms in total. The first-order chi connectivity index (χ1) is 9.92. The van der Waals surface area contributed by atoms with Gasteiger partial charge in [-0.1, -0.05) is 19.9 Å². The molecule has 1 aromatic heterocycles. The molecule has 1 saturated heterocycles. The minimum absolute atomic E-state index is 0. The van der Waals surface area contributed by atoms with E-state index in [-0.39, 0.29) is 35.8 Å². The van der Waals surface area contributed by atoms with Crippen LogP contribution >= 0.6 is 23.7 Å². The first kappa shape index (κ1) is 19.4. The second kappa shape index (κ2) is 8.29. The molecule has 0 radical (unpaired) electrons. The van der Waals surface area contributed by atoms with Crippen LogP contribution in [0.4, 0.5) is 0 Å². The summed E-state index contributed by atoms with van der Waals surface area (Å²) in [6.45, 7) is 5.93. The number of carbonyl (C=O) groups is 1. The zero-order valence-electron chi connectivity index (χ0n) is 13.9. The number of hydrogen-bond donors (Lipinski definition) is 2. The van der Waals surface area contributed by atoms with E-state index in [2.05, 4.69) is 61.0 Å². The molecular weight excluding hydrogens is 318 g/mol. The van der Waals surface area contributed by atoms with Crippen LogP contribution in [0.25, 0.3) is 0 Å². The Morgan fingerprint density at radius 1 is 1.55 bits per heavy atom. The van der Waals surface area contributed by atoms with E-state index in [1.54, 1.807) is 11.3 Å². The predicted molar refractivity (Wildman–Crippen MR) is 95.8 cm³/mol. The lowest BCUT2D eigenvalue weighted by Gasteiger charge is -2.38. The minimum Gasteiger partial charge on any atom is -0.353 e. The van der Waals surface area contributed by atoms with E-state index < -0.39 is 0 Å². The summed E-state index contributed by atoms with van der Waals surface area (Å²) in [4.78, 5) is 16.0. The van der Waals surface area contributed by atoms with Crippen molar-refractivity contribution in [1.82, 2.24) is 15.5 Å². The van der Waals surface area contributed by atoms with Gasteiger partial charge in [0.25, 0.3) is 0 Å². The summed E-state index contributed by atoms with van der Waals surface area (Å²) in [6.07, 6.45) is 2.24. The van der Waals surface area contributed by atoms with Crippen LogP contribution in [0, 0.1) is 5.41 Å². The molecule has 2 unspecified atom stereocenters. The van der Waals surface area contributed by atoms with Crippen molar-refractivity contribution >= 4 is 29.7 Å². The minimum atomic E-state index is -0.0857. The van der Waals surface area contributed by atoms with E-state index in [0.717, 1.165) is 19.4 Å². The number of thiophene rings is 1. The Balaban J connectivity index is 0.00000242. The molecule has 6 heteroatoms. The molecule has 0 bridgehead atoms. The summed E-state index contributed by atoms with van der Waals surface area (Å²) in [6, 6.07) is 4.34. The Kier molecular flexibility index (Phi) is 7.32. The van der Waals surface area contributed by atoms with Gasteiger partial charge in [0, 0.05) is 11.4 Å². The third-order valence-corrected chi connectivity index (χ3v) is 5.33. The largest absolute Gasteiger partial charge is 0.353 e. The lowest BCUT2D eigenvalue weighted by molar-refractivity contribution is -0.127. The van der Waals surface area contributed by atoms with Crippen molar-refractivity contribution in [3.05, 3.63) is 22.4 Å². The third kappa shape index (κ3) is 4.69. The average molecular weight is 346 g/mol. The number of halogens is 1. The Morgan fingerprint density at radius 2 is 2.27 bits per heavy atom. The van der Waals surface area contributed by atoms with Crippen LogP contribution in [-0.2, 0) is 4.79 Å². The normalized spacial score (nSPS) is 22.0. The zero-order chi connectivity index (χ0) is 15.5. The Morgan fingerprint density at radius 3 is 2.82 bits per heavy atom. The lowest BCUT2D eigenvalue weighted by atomic mass is 9.77. The van der Waals surface area contributed by atoms with Gasteiger partial charge in [-0.3, -0.25) is 4.79 Å². The number of amides is 1. The quantitative estimate of drug-likeness (QED) is 0.862. The second-order valence-corrected chi connectivity index (χ2v) is 7.70. The molecule has 1 amide bonds. The summed E-state index contributed by atoms with van der Waals surface area (Å²) in [5.41, 5.74) is 0.0267. The van der Waals surface area contributed by atoms with Crippen molar-refractivity contribution in [2.75, 3.05) is 27.2 Å². The first-order valence-electron chi connectivity index (χ1n) is 7.63. The summed E-state index contributed by atoms with van der Waals surface area (Å²) >= 11 is 1.74. The van der Waals surface area contributed by atoms with Crippen LogP contribution in [0.1, 0.15) is 37.6 Å². The molecule has 2 atom stereocenters. The van der Waals surface area contributed by atoms with Gasteiger partial charge in [0.05, 0.1) is 12.1 Å². The van der Waals surface area contributed by atoms with Crippen LogP contribution < -0.4 is 10.6 Å². The number of likely N-dealkylation sites (N-methyl/N-ethyl adjacent to an activating group) is 1. The van der Waals surface area contributed by atoms with Gasteiger partial charge in [0.2, 0.25) is 5.91 Å². The highest BCUT2D eigenvalue weighted by Gasteiger charge is 2.37. The van der Waals surface area contributed by atoms with Crippen LogP contribution in [0.15, 0.2) is 17.5 Å². The number of piperidine rings is 1. The molecule has 0 aromatic carbocycles. The van der Waals surface area contributed by atoms with Crippen molar-refractivity contribution in [2.45, 2.75) is 38.8 Å². The maximum atomic E-state index is 12.5. The number of carbonyl (C=O) groups excluding carboxylic acids is 1. The van der Waals surface area contributed by atoms with Crippen molar-refractivity contribution in [3.63, 3.8) is 0 Å². The second-order valence-electron chi connectivity index (χ2n) is 6.72. The number of nitrogens with zero attached hydrogens (tertiary/aromatic N) is 1. The van der Waals surface area contributed by atoms with Crippen LogP contribution in [0.3, 0.4) is 0 Å². The molecule has 0 saturated carbocycles. The first-order valence-corrected chi connectivity index (χ1v) is 8.51. The fourth-order valence-corrected chi connectivity index (χ4v) is 3.90. The molecule has 1 aliphatic rings. The van der Waals surface area contributed by atoms with Crippen LogP contribution in [0.2, 0.25) is 0 Å². The highest BCUT2D eigenvalue weighted by Crippen LogP contribution is 2.30. The van der Waals surface area contributed by atoms with Gasteiger partial charge < -0.3 is 15.5 Å². The third-order valence-electron chi connectivity index (χ3n) is 4.35. The molecular formula is C16H28ClN3OS. The van der Waals surface area contributed by atoms with Gasteiger partial charge in [0.1, 0.15) is 0 Å².